The molecule has 0 radical (unpaired) electrons. The van der Waals surface area contributed by atoms with E-state index in [9.17, 15) is 9.59 Å². The van der Waals surface area contributed by atoms with Crippen molar-refractivity contribution in [2.45, 2.75) is 47.0 Å². The van der Waals surface area contributed by atoms with Gasteiger partial charge in [0.25, 0.3) is 0 Å². The van der Waals surface area contributed by atoms with Gasteiger partial charge in [-0.1, -0.05) is 26.7 Å². The van der Waals surface area contributed by atoms with Crippen LogP contribution in [0.25, 0.3) is 0 Å². The summed E-state index contributed by atoms with van der Waals surface area (Å²) in [6.07, 6.45) is 3.03. The SMILES string of the molecule is CCCC(CC)COC(=O)/C(C)=C(/C)C(=O)O. The summed E-state index contributed by atoms with van der Waals surface area (Å²) in [6, 6.07) is 0. The van der Waals surface area contributed by atoms with E-state index >= 15 is 0 Å². The molecule has 1 N–H and O–H groups in total. The number of esters is 1. The highest BCUT2D eigenvalue weighted by atomic mass is 16.5. The third-order valence-corrected chi connectivity index (χ3v) is 2.91. The first kappa shape index (κ1) is 15.7. The summed E-state index contributed by atoms with van der Waals surface area (Å²) in [5.41, 5.74) is 0.211. The fourth-order valence-electron chi connectivity index (χ4n) is 1.43. The summed E-state index contributed by atoms with van der Waals surface area (Å²) in [7, 11) is 0. The Morgan fingerprint density at radius 3 is 2.18 bits per heavy atom. The molecular formula is C13H22O4. The molecule has 0 saturated heterocycles. The lowest BCUT2D eigenvalue weighted by molar-refractivity contribution is -0.141. The van der Waals surface area contributed by atoms with E-state index < -0.39 is 11.9 Å². The smallest absolute Gasteiger partial charge is 0.334 e. The lowest BCUT2D eigenvalue weighted by Gasteiger charge is -2.14. The van der Waals surface area contributed by atoms with E-state index in [1.165, 1.54) is 13.8 Å². The number of aliphatic carboxylic acids is 1. The molecule has 0 rings (SSSR count). The predicted molar refractivity (Wildman–Crippen MR) is 65.7 cm³/mol. The molecule has 0 aromatic rings. The van der Waals surface area contributed by atoms with Gasteiger partial charge in [-0.3, -0.25) is 0 Å². The Labute approximate surface area is 103 Å². The van der Waals surface area contributed by atoms with Gasteiger partial charge < -0.3 is 9.84 Å². The van der Waals surface area contributed by atoms with Gasteiger partial charge in [-0.2, -0.15) is 0 Å². The Balaban J connectivity index is 4.36. The van der Waals surface area contributed by atoms with Crippen LogP contribution in [0.15, 0.2) is 11.1 Å². The topological polar surface area (TPSA) is 63.6 Å². The molecule has 0 heterocycles. The van der Waals surface area contributed by atoms with E-state index in [0.29, 0.717) is 12.5 Å². The number of rotatable bonds is 7. The van der Waals surface area contributed by atoms with Crippen molar-refractivity contribution in [3.05, 3.63) is 11.1 Å². The van der Waals surface area contributed by atoms with Crippen LogP contribution in [-0.2, 0) is 14.3 Å². The molecule has 17 heavy (non-hydrogen) atoms. The monoisotopic (exact) mass is 242 g/mol. The van der Waals surface area contributed by atoms with Gasteiger partial charge in [0.05, 0.1) is 6.61 Å². The van der Waals surface area contributed by atoms with Crippen LogP contribution in [-0.4, -0.2) is 23.7 Å². The van der Waals surface area contributed by atoms with Gasteiger partial charge >= 0.3 is 11.9 Å². The van der Waals surface area contributed by atoms with E-state index in [2.05, 4.69) is 13.8 Å². The minimum Gasteiger partial charge on any atom is -0.478 e. The van der Waals surface area contributed by atoms with Crippen molar-refractivity contribution in [2.24, 2.45) is 5.92 Å². The summed E-state index contributed by atoms with van der Waals surface area (Å²) in [5, 5.41) is 8.74. The zero-order valence-electron chi connectivity index (χ0n) is 11.1. The number of carbonyl (C=O) groups is 2. The van der Waals surface area contributed by atoms with Crippen molar-refractivity contribution in [1.29, 1.82) is 0 Å². The second-order valence-electron chi connectivity index (χ2n) is 4.22. The third kappa shape index (κ3) is 5.52. The van der Waals surface area contributed by atoms with Gasteiger partial charge in [-0.25, -0.2) is 9.59 Å². The van der Waals surface area contributed by atoms with Crippen LogP contribution in [0.4, 0.5) is 0 Å². The Morgan fingerprint density at radius 1 is 1.18 bits per heavy atom. The molecule has 0 bridgehead atoms. The molecule has 4 nitrogen and oxygen atoms in total. The Hall–Kier alpha value is -1.32. The third-order valence-electron chi connectivity index (χ3n) is 2.91. The zero-order valence-corrected chi connectivity index (χ0v) is 11.1. The predicted octanol–water partition coefficient (Wildman–Crippen LogP) is 2.78. The van der Waals surface area contributed by atoms with Crippen molar-refractivity contribution in [3.8, 4) is 0 Å². The molecule has 0 fully saturated rings. The molecular weight excluding hydrogens is 220 g/mol. The Morgan fingerprint density at radius 2 is 1.76 bits per heavy atom. The lowest BCUT2D eigenvalue weighted by atomic mass is 10.0. The van der Waals surface area contributed by atoms with Gasteiger partial charge in [-0.15, -0.1) is 0 Å². The maximum Gasteiger partial charge on any atom is 0.334 e. The van der Waals surface area contributed by atoms with Crippen molar-refractivity contribution >= 4 is 11.9 Å². The van der Waals surface area contributed by atoms with E-state index in [1.54, 1.807) is 0 Å². The van der Waals surface area contributed by atoms with Crippen molar-refractivity contribution in [3.63, 3.8) is 0 Å². The van der Waals surface area contributed by atoms with Crippen LogP contribution >= 0.6 is 0 Å². The van der Waals surface area contributed by atoms with E-state index in [-0.39, 0.29) is 11.1 Å². The molecule has 0 aliphatic rings. The van der Waals surface area contributed by atoms with E-state index in [0.717, 1.165) is 19.3 Å². The number of hydrogen-bond donors (Lipinski definition) is 1. The van der Waals surface area contributed by atoms with E-state index in [4.69, 9.17) is 9.84 Å². The van der Waals surface area contributed by atoms with Crippen LogP contribution in [0.3, 0.4) is 0 Å². The lowest BCUT2D eigenvalue weighted by Crippen LogP contribution is -2.16. The second kappa shape index (κ2) is 7.87. The summed E-state index contributed by atoms with van der Waals surface area (Å²) in [6.45, 7) is 7.39. The standard InChI is InChI=1S/C13H22O4/c1-5-7-11(6-2)8-17-13(16)10(4)9(3)12(14)15/h11H,5-8H2,1-4H3,(H,14,15)/b10-9-. The fraction of sp³-hybridized carbons (Fsp3) is 0.692. The highest BCUT2D eigenvalue weighted by Gasteiger charge is 2.15. The van der Waals surface area contributed by atoms with Gasteiger partial charge in [0.15, 0.2) is 0 Å². The molecule has 4 heteroatoms. The van der Waals surface area contributed by atoms with Crippen molar-refractivity contribution in [2.75, 3.05) is 6.61 Å². The average Bonchev–Trinajstić information content (AvgIpc) is 2.31. The number of carbonyl (C=O) groups excluding carboxylic acids is 1. The maximum absolute atomic E-state index is 11.6. The van der Waals surface area contributed by atoms with Crippen LogP contribution in [0.1, 0.15) is 47.0 Å². The van der Waals surface area contributed by atoms with Gasteiger partial charge in [0.2, 0.25) is 0 Å². The van der Waals surface area contributed by atoms with Crippen LogP contribution < -0.4 is 0 Å². The fourth-order valence-corrected chi connectivity index (χ4v) is 1.43. The molecule has 0 aromatic carbocycles. The summed E-state index contributed by atoms with van der Waals surface area (Å²) < 4.78 is 5.12. The number of ether oxygens (including phenoxy) is 1. The molecule has 0 aliphatic heterocycles. The number of carboxylic acids is 1. The molecule has 98 valence electrons. The first-order valence-corrected chi connectivity index (χ1v) is 6.01. The molecule has 1 atom stereocenters. The summed E-state index contributed by atoms with van der Waals surface area (Å²) in [5.74, 6) is -1.25. The molecule has 0 aliphatic carbocycles. The quantitative estimate of drug-likeness (QED) is 0.550. The minimum atomic E-state index is -1.08. The first-order chi connectivity index (χ1) is 7.93. The second-order valence-corrected chi connectivity index (χ2v) is 4.22. The van der Waals surface area contributed by atoms with Crippen LogP contribution in [0.2, 0.25) is 0 Å². The van der Waals surface area contributed by atoms with Gasteiger partial charge in [0, 0.05) is 11.1 Å². The minimum absolute atomic E-state index is 0.0403. The highest BCUT2D eigenvalue weighted by Crippen LogP contribution is 2.13. The van der Waals surface area contributed by atoms with Gasteiger partial charge in [-0.05, 0) is 26.2 Å². The number of hydrogen-bond acceptors (Lipinski definition) is 3. The average molecular weight is 242 g/mol. The first-order valence-electron chi connectivity index (χ1n) is 6.01. The summed E-state index contributed by atoms with van der Waals surface area (Å²) in [4.78, 5) is 22.2. The molecule has 0 saturated carbocycles. The Bertz CT molecular complexity index is 305. The van der Waals surface area contributed by atoms with Crippen molar-refractivity contribution < 1.29 is 19.4 Å². The largest absolute Gasteiger partial charge is 0.478 e. The normalized spacial score (nSPS) is 13.9. The van der Waals surface area contributed by atoms with Crippen molar-refractivity contribution in [1.82, 2.24) is 0 Å². The molecule has 0 spiro atoms. The maximum atomic E-state index is 11.6. The molecule has 1 unspecified atom stereocenters. The van der Waals surface area contributed by atoms with E-state index in [1.807, 2.05) is 0 Å². The zero-order chi connectivity index (χ0) is 13.4. The van der Waals surface area contributed by atoms with Crippen LogP contribution in [0.5, 0.6) is 0 Å². The Kier molecular flexibility index (Phi) is 7.26. The van der Waals surface area contributed by atoms with Gasteiger partial charge in [0.1, 0.15) is 0 Å². The number of carboxylic acid groups (broad SMARTS) is 1. The highest BCUT2D eigenvalue weighted by molar-refractivity contribution is 5.98. The molecule has 0 amide bonds. The van der Waals surface area contributed by atoms with Crippen LogP contribution in [0, 0.1) is 5.92 Å². The molecule has 0 aromatic heterocycles. The summed E-state index contributed by atoms with van der Waals surface area (Å²) >= 11 is 0.